The molecular formula is C20H23FN2O4. The molecule has 0 saturated carbocycles. The first-order valence-corrected chi connectivity index (χ1v) is 8.84. The van der Waals surface area contributed by atoms with Gasteiger partial charge in [-0.05, 0) is 57.5 Å². The monoisotopic (exact) mass is 374 g/mol. The minimum Gasteiger partial charge on any atom is -0.453 e. The predicted octanol–water partition coefficient (Wildman–Crippen LogP) is 4.00. The van der Waals surface area contributed by atoms with E-state index in [9.17, 15) is 14.0 Å². The summed E-state index contributed by atoms with van der Waals surface area (Å²) in [6.07, 6.45) is 0.905. The number of hydrogen-bond donors (Lipinski definition) is 1. The summed E-state index contributed by atoms with van der Waals surface area (Å²) in [5.41, 5.74) is 0.805. The first-order chi connectivity index (χ1) is 12.7. The van der Waals surface area contributed by atoms with Gasteiger partial charge in [-0.25, -0.2) is 9.18 Å². The maximum Gasteiger partial charge on any atom is 0.407 e. The first-order valence-electron chi connectivity index (χ1n) is 8.84. The highest BCUT2D eigenvalue weighted by Crippen LogP contribution is 2.34. The van der Waals surface area contributed by atoms with E-state index in [2.05, 4.69) is 10.2 Å². The second-order valence-electron chi connectivity index (χ2n) is 7.56. The third-order valence-electron chi connectivity index (χ3n) is 4.22. The van der Waals surface area contributed by atoms with Crippen LogP contribution in [-0.2, 0) is 4.74 Å². The lowest BCUT2D eigenvalue weighted by molar-refractivity contribution is 0.0509. The zero-order valence-corrected chi connectivity index (χ0v) is 15.6. The molecule has 1 saturated heterocycles. The van der Waals surface area contributed by atoms with Gasteiger partial charge in [0.2, 0.25) is 0 Å². The number of ether oxygens (including phenoxy) is 1. The summed E-state index contributed by atoms with van der Waals surface area (Å²) in [7, 11) is 0. The average molecular weight is 374 g/mol. The minimum absolute atomic E-state index is 0.0695. The molecule has 3 rings (SSSR count). The van der Waals surface area contributed by atoms with Gasteiger partial charge in [0, 0.05) is 24.3 Å². The van der Waals surface area contributed by atoms with E-state index in [1.807, 2.05) is 20.8 Å². The summed E-state index contributed by atoms with van der Waals surface area (Å²) >= 11 is 0. The number of carbonyl (C=O) groups excluding carboxylic acids is 2. The van der Waals surface area contributed by atoms with Gasteiger partial charge in [0.05, 0.1) is 6.04 Å². The molecule has 1 aromatic heterocycles. The van der Waals surface area contributed by atoms with E-state index >= 15 is 0 Å². The van der Waals surface area contributed by atoms with E-state index in [0.717, 1.165) is 12.1 Å². The molecule has 0 bridgehead atoms. The fourth-order valence-corrected chi connectivity index (χ4v) is 3.11. The number of furan rings is 1. The Hall–Kier alpha value is -2.83. The van der Waals surface area contributed by atoms with Crippen LogP contribution < -0.4 is 10.2 Å². The Balaban J connectivity index is 1.76. The van der Waals surface area contributed by atoms with Gasteiger partial charge in [0.1, 0.15) is 17.2 Å². The molecule has 1 aliphatic heterocycles. The number of amides is 1. The normalized spacial score (nSPS) is 17.0. The van der Waals surface area contributed by atoms with Crippen LogP contribution in [0.2, 0.25) is 0 Å². The molecular weight excluding hydrogens is 351 g/mol. The zero-order valence-electron chi connectivity index (χ0n) is 15.6. The summed E-state index contributed by atoms with van der Waals surface area (Å²) in [4.78, 5) is 24.9. The molecule has 0 aliphatic carbocycles. The smallest absolute Gasteiger partial charge is 0.407 e. The quantitative estimate of drug-likeness (QED) is 0.819. The molecule has 0 radical (unpaired) electrons. The predicted molar refractivity (Wildman–Crippen MR) is 99.5 cm³/mol. The molecule has 1 fully saturated rings. The van der Waals surface area contributed by atoms with Crippen molar-refractivity contribution in [2.75, 3.05) is 18.0 Å². The number of aldehydes is 1. The summed E-state index contributed by atoms with van der Waals surface area (Å²) < 4.78 is 24.6. The first kappa shape index (κ1) is 18.9. The maximum atomic E-state index is 13.8. The Morgan fingerprint density at radius 2 is 2.11 bits per heavy atom. The lowest BCUT2D eigenvalue weighted by atomic mass is 10.1. The van der Waals surface area contributed by atoms with Crippen LogP contribution >= 0.6 is 0 Å². The number of nitrogens with one attached hydrogen (secondary N) is 1. The number of alkyl carbamates (subject to hydrolysis) is 1. The topological polar surface area (TPSA) is 71.8 Å². The van der Waals surface area contributed by atoms with Crippen LogP contribution in [0.15, 0.2) is 34.7 Å². The van der Waals surface area contributed by atoms with Crippen molar-refractivity contribution in [2.24, 2.45) is 0 Å². The van der Waals surface area contributed by atoms with Gasteiger partial charge in [0.15, 0.2) is 12.0 Å². The van der Waals surface area contributed by atoms with Crippen molar-refractivity contribution in [2.45, 2.75) is 38.8 Å². The van der Waals surface area contributed by atoms with E-state index in [1.54, 1.807) is 18.2 Å². The molecule has 7 heteroatoms. The van der Waals surface area contributed by atoms with Crippen molar-refractivity contribution in [1.29, 1.82) is 0 Å². The second-order valence-corrected chi connectivity index (χ2v) is 7.56. The van der Waals surface area contributed by atoms with Crippen molar-refractivity contribution >= 4 is 18.1 Å². The summed E-state index contributed by atoms with van der Waals surface area (Å²) in [6, 6.07) is 7.58. The number of halogens is 1. The van der Waals surface area contributed by atoms with E-state index in [1.165, 1.54) is 12.1 Å². The van der Waals surface area contributed by atoms with Crippen LogP contribution in [0.25, 0.3) is 11.3 Å². The van der Waals surface area contributed by atoms with Crippen molar-refractivity contribution in [1.82, 2.24) is 5.32 Å². The molecule has 27 heavy (non-hydrogen) atoms. The van der Waals surface area contributed by atoms with Crippen LogP contribution in [0.4, 0.5) is 14.9 Å². The molecule has 1 N–H and O–H groups in total. The molecule has 1 unspecified atom stereocenters. The lowest BCUT2D eigenvalue weighted by Gasteiger charge is -2.23. The number of anilines is 1. The zero-order chi connectivity index (χ0) is 19.6. The molecule has 6 nitrogen and oxygen atoms in total. The van der Waals surface area contributed by atoms with Gasteiger partial charge >= 0.3 is 6.09 Å². The molecule has 1 amide bonds. The molecule has 1 aliphatic rings. The van der Waals surface area contributed by atoms with E-state index in [0.29, 0.717) is 30.7 Å². The highest BCUT2D eigenvalue weighted by Gasteiger charge is 2.28. The lowest BCUT2D eigenvalue weighted by Crippen LogP contribution is -2.40. The van der Waals surface area contributed by atoms with Crippen LogP contribution in [0, 0.1) is 5.82 Å². The number of rotatable bonds is 4. The minimum atomic E-state index is -0.553. The molecule has 1 aromatic carbocycles. The summed E-state index contributed by atoms with van der Waals surface area (Å²) in [5, 5.41) is 2.87. The number of benzene rings is 1. The Labute approximate surface area is 157 Å². The molecule has 0 spiro atoms. The van der Waals surface area contributed by atoms with Gasteiger partial charge in [-0.3, -0.25) is 4.79 Å². The molecule has 2 heterocycles. The summed E-state index contributed by atoms with van der Waals surface area (Å²) in [6.45, 7) is 6.71. The van der Waals surface area contributed by atoms with Crippen molar-refractivity contribution in [3.63, 3.8) is 0 Å². The third kappa shape index (κ3) is 4.67. The van der Waals surface area contributed by atoms with Crippen molar-refractivity contribution in [3.8, 4) is 11.3 Å². The molecule has 2 aromatic rings. The van der Waals surface area contributed by atoms with Crippen molar-refractivity contribution < 1.29 is 23.1 Å². The number of hydrogen-bond acceptors (Lipinski definition) is 5. The van der Waals surface area contributed by atoms with Crippen LogP contribution in [0.1, 0.15) is 37.7 Å². The Bertz CT molecular complexity index is 841. The van der Waals surface area contributed by atoms with E-state index in [4.69, 9.17) is 9.15 Å². The second kappa shape index (κ2) is 7.42. The highest BCUT2D eigenvalue weighted by molar-refractivity contribution is 5.79. The standard InChI is InChI=1S/C20H23FN2O4/c1-20(2,3)27-19(25)22-14-8-9-23(11-14)17-6-4-13(21)10-16(17)18-7-5-15(12-24)26-18/h4-7,10,12,14H,8-9,11H2,1-3H3,(H,22,25). The molecule has 144 valence electrons. The van der Waals surface area contributed by atoms with Gasteiger partial charge in [-0.1, -0.05) is 0 Å². The van der Waals surface area contributed by atoms with Crippen LogP contribution in [0.5, 0.6) is 0 Å². The van der Waals surface area contributed by atoms with Crippen LogP contribution in [-0.4, -0.2) is 37.1 Å². The van der Waals surface area contributed by atoms with Gasteiger partial charge in [0.25, 0.3) is 0 Å². The van der Waals surface area contributed by atoms with Gasteiger partial charge in [-0.15, -0.1) is 0 Å². The van der Waals surface area contributed by atoms with Crippen molar-refractivity contribution in [3.05, 3.63) is 41.9 Å². The van der Waals surface area contributed by atoms with Gasteiger partial charge < -0.3 is 19.4 Å². The Morgan fingerprint density at radius 1 is 1.33 bits per heavy atom. The average Bonchev–Trinajstić information content (AvgIpc) is 3.22. The maximum absolute atomic E-state index is 13.8. The van der Waals surface area contributed by atoms with E-state index < -0.39 is 11.7 Å². The number of nitrogens with zero attached hydrogens (tertiary/aromatic N) is 1. The third-order valence-corrected chi connectivity index (χ3v) is 4.22. The largest absolute Gasteiger partial charge is 0.453 e. The highest BCUT2D eigenvalue weighted by atomic mass is 19.1. The fraction of sp³-hybridized carbons (Fsp3) is 0.400. The fourth-order valence-electron chi connectivity index (χ4n) is 3.11. The number of carbonyl (C=O) groups is 2. The Morgan fingerprint density at radius 3 is 2.78 bits per heavy atom. The van der Waals surface area contributed by atoms with Crippen LogP contribution in [0.3, 0.4) is 0 Å². The Kier molecular flexibility index (Phi) is 5.21. The summed E-state index contributed by atoms with van der Waals surface area (Å²) in [5.74, 6) is 0.224. The van der Waals surface area contributed by atoms with E-state index in [-0.39, 0.29) is 17.6 Å². The SMILES string of the molecule is CC(C)(C)OC(=O)NC1CCN(c2ccc(F)cc2-c2ccc(C=O)o2)C1. The van der Waals surface area contributed by atoms with Gasteiger partial charge in [-0.2, -0.15) is 0 Å². The molecule has 1 atom stereocenters.